The molecule has 3 rings (SSSR count). The molecule has 3 aromatic rings. The fourth-order valence-corrected chi connectivity index (χ4v) is 2.47. The minimum absolute atomic E-state index is 0.453. The highest BCUT2D eigenvalue weighted by Gasteiger charge is 2.13. The highest BCUT2D eigenvalue weighted by atomic mass is 32.1. The molecule has 0 saturated carbocycles. The molecule has 0 aliphatic carbocycles. The van der Waals surface area contributed by atoms with Crippen LogP contribution in [0.1, 0.15) is 0 Å². The molecule has 0 aliphatic heterocycles. The van der Waals surface area contributed by atoms with Crippen LogP contribution in [0.25, 0.3) is 22.2 Å². The van der Waals surface area contributed by atoms with Gasteiger partial charge < -0.3 is 14.0 Å². The number of hydrogen-bond donors (Lipinski definition) is 0. The van der Waals surface area contributed by atoms with Gasteiger partial charge >= 0.3 is 0 Å². The Kier molecular flexibility index (Phi) is 3.39. The first-order valence-corrected chi connectivity index (χ1v) is 6.80. The van der Waals surface area contributed by atoms with Crippen LogP contribution in [0.15, 0.2) is 40.2 Å². The molecule has 1 aromatic carbocycles. The van der Waals surface area contributed by atoms with Crippen LogP contribution < -0.4 is 9.47 Å². The summed E-state index contributed by atoms with van der Waals surface area (Å²) in [5, 5.41) is 5.96. The van der Waals surface area contributed by atoms with Crippen LogP contribution in [0, 0.1) is 0 Å². The SMILES string of the molecule is COc1ccc(-c2nc(-c3cccs3)no2)cc1OC. The van der Waals surface area contributed by atoms with Crippen molar-refractivity contribution in [1.82, 2.24) is 10.1 Å². The molecule has 102 valence electrons. The van der Waals surface area contributed by atoms with Crippen molar-refractivity contribution in [2.75, 3.05) is 14.2 Å². The molecule has 0 fully saturated rings. The zero-order valence-corrected chi connectivity index (χ0v) is 11.8. The summed E-state index contributed by atoms with van der Waals surface area (Å²) >= 11 is 1.57. The summed E-state index contributed by atoms with van der Waals surface area (Å²) in [5.41, 5.74) is 0.790. The van der Waals surface area contributed by atoms with Crippen LogP contribution in [-0.4, -0.2) is 24.4 Å². The Hall–Kier alpha value is -2.34. The summed E-state index contributed by atoms with van der Waals surface area (Å²) in [6.07, 6.45) is 0. The first-order chi connectivity index (χ1) is 9.81. The van der Waals surface area contributed by atoms with Gasteiger partial charge in [0.2, 0.25) is 5.82 Å². The minimum Gasteiger partial charge on any atom is -0.493 e. The van der Waals surface area contributed by atoms with Crippen LogP contribution in [0.5, 0.6) is 11.5 Å². The second-order valence-electron chi connectivity index (χ2n) is 3.97. The number of rotatable bonds is 4. The highest BCUT2D eigenvalue weighted by molar-refractivity contribution is 7.13. The van der Waals surface area contributed by atoms with Gasteiger partial charge in [-0.25, -0.2) is 0 Å². The summed E-state index contributed by atoms with van der Waals surface area (Å²) in [5.74, 6) is 2.33. The average Bonchev–Trinajstić information content (AvgIpc) is 3.16. The normalized spacial score (nSPS) is 10.5. The number of aromatic nitrogens is 2. The number of ether oxygens (including phenoxy) is 2. The summed E-state index contributed by atoms with van der Waals surface area (Å²) < 4.78 is 15.8. The standard InChI is InChI=1S/C14H12N2O3S/c1-17-10-6-5-9(8-11(10)18-2)14-15-13(16-19-14)12-4-3-7-20-12/h3-8H,1-2H3. The Morgan fingerprint density at radius 3 is 2.65 bits per heavy atom. The molecule has 0 spiro atoms. The maximum Gasteiger partial charge on any atom is 0.258 e. The second-order valence-corrected chi connectivity index (χ2v) is 4.92. The predicted molar refractivity (Wildman–Crippen MR) is 76.2 cm³/mol. The van der Waals surface area contributed by atoms with E-state index in [0.717, 1.165) is 10.4 Å². The Morgan fingerprint density at radius 2 is 1.95 bits per heavy atom. The summed E-state index contributed by atoms with van der Waals surface area (Å²) in [7, 11) is 3.19. The van der Waals surface area contributed by atoms with Gasteiger partial charge in [0.05, 0.1) is 19.1 Å². The van der Waals surface area contributed by atoms with Crippen LogP contribution in [0.2, 0.25) is 0 Å². The molecule has 0 amide bonds. The van der Waals surface area contributed by atoms with Crippen molar-refractivity contribution in [1.29, 1.82) is 0 Å². The van der Waals surface area contributed by atoms with E-state index in [2.05, 4.69) is 10.1 Å². The lowest BCUT2D eigenvalue weighted by atomic mass is 10.2. The Balaban J connectivity index is 1.97. The van der Waals surface area contributed by atoms with Gasteiger partial charge in [0.25, 0.3) is 5.89 Å². The topological polar surface area (TPSA) is 57.4 Å². The van der Waals surface area contributed by atoms with Gasteiger partial charge in [0.15, 0.2) is 11.5 Å². The van der Waals surface area contributed by atoms with E-state index in [1.54, 1.807) is 25.6 Å². The van der Waals surface area contributed by atoms with Crippen molar-refractivity contribution in [2.24, 2.45) is 0 Å². The molecule has 2 heterocycles. The third-order valence-corrected chi connectivity index (χ3v) is 3.66. The predicted octanol–water partition coefficient (Wildman–Crippen LogP) is 3.48. The third-order valence-electron chi connectivity index (χ3n) is 2.80. The molecule has 0 N–H and O–H groups in total. The zero-order chi connectivity index (χ0) is 13.9. The molecular weight excluding hydrogens is 276 g/mol. The first kappa shape index (κ1) is 12.7. The molecule has 0 unspecified atom stereocenters. The van der Waals surface area contributed by atoms with Gasteiger partial charge in [-0.2, -0.15) is 4.98 Å². The van der Waals surface area contributed by atoms with E-state index in [4.69, 9.17) is 14.0 Å². The van der Waals surface area contributed by atoms with Crippen LogP contribution in [-0.2, 0) is 0 Å². The largest absolute Gasteiger partial charge is 0.493 e. The first-order valence-electron chi connectivity index (χ1n) is 5.92. The van der Waals surface area contributed by atoms with Crippen molar-refractivity contribution in [2.45, 2.75) is 0 Å². The number of thiophene rings is 1. The summed E-state index contributed by atoms with van der Waals surface area (Å²) in [6, 6.07) is 9.38. The number of methoxy groups -OCH3 is 2. The van der Waals surface area contributed by atoms with Crippen molar-refractivity contribution in [3.8, 4) is 33.7 Å². The Bertz CT molecular complexity index is 707. The fraction of sp³-hybridized carbons (Fsp3) is 0.143. The number of nitrogens with zero attached hydrogens (tertiary/aromatic N) is 2. The highest BCUT2D eigenvalue weighted by Crippen LogP contribution is 2.32. The van der Waals surface area contributed by atoms with Crippen molar-refractivity contribution >= 4 is 11.3 Å². The molecule has 0 radical (unpaired) electrons. The van der Waals surface area contributed by atoms with Gasteiger partial charge in [-0.1, -0.05) is 11.2 Å². The van der Waals surface area contributed by atoms with E-state index >= 15 is 0 Å². The van der Waals surface area contributed by atoms with Gasteiger partial charge in [0.1, 0.15) is 0 Å². The molecule has 0 atom stereocenters. The molecule has 6 heteroatoms. The van der Waals surface area contributed by atoms with Crippen molar-refractivity contribution in [3.05, 3.63) is 35.7 Å². The van der Waals surface area contributed by atoms with E-state index in [1.165, 1.54) is 0 Å². The fourth-order valence-electron chi connectivity index (χ4n) is 1.82. The second kappa shape index (κ2) is 5.34. The molecule has 20 heavy (non-hydrogen) atoms. The van der Waals surface area contributed by atoms with E-state index in [9.17, 15) is 0 Å². The molecular formula is C14H12N2O3S. The molecule has 0 saturated heterocycles. The maximum absolute atomic E-state index is 5.30. The maximum atomic E-state index is 5.30. The quantitative estimate of drug-likeness (QED) is 0.735. The third kappa shape index (κ3) is 2.25. The van der Waals surface area contributed by atoms with Crippen LogP contribution in [0.3, 0.4) is 0 Å². The lowest BCUT2D eigenvalue weighted by Crippen LogP contribution is -1.90. The summed E-state index contributed by atoms with van der Waals surface area (Å²) in [4.78, 5) is 5.36. The lowest BCUT2D eigenvalue weighted by molar-refractivity contribution is 0.355. The van der Waals surface area contributed by atoms with Gasteiger partial charge in [-0.15, -0.1) is 11.3 Å². The van der Waals surface area contributed by atoms with E-state index < -0.39 is 0 Å². The summed E-state index contributed by atoms with van der Waals surface area (Å²) in [6.45, 7) is 0. The molecule has 2 aromatic heterocycles. The van der Waals surface area contributed by atoms with Gasteiger partial charge in [-0.3, -0.25) is 0 Å². The minimum atomic E-state index is 0.453. The van der Waals surface area contributed by atoms with E-state index in [-0.39, 0.29) is 0 Å². The van der Waals surface area contributed by atoms with E-state index in [0.29, 0.717) is 23.2 Å². The molecule has 0 aliphatic rings. The van der Waals surface area contributed by atoms with E-state index in [1.807, 2.05) is 35.7 Å². The zero-order valence-electron chi connectivity index (χ0n) is 11.0. The smallest absolute Gasteiger partial charge is 0.258 e. The van der Waals surface area contributed by atoms with Crippen molar-refractivity contribution < 1.29 is 14.0 Å². The average molecular weight is 288 g/mol. The lowest BCUT2D eigenvalue weighted by Gasteiger charge is -2.07. The van der Waals surface area contributed by atoms with Crippen molar-refractivity contribution in [3.63, 3.8) is 0 Å². The molecule has 5 nitrogen and oxygen atoms in total. The number of benzene rings is 1. The Labute approximate surface area is 119 Å². The number of hydrogen-bond acceptors (Lipinski definition) is 6. The Morgan fingerprint density at radius 1 is 1.10 bits per heavy atom. The monoisotopic (exact) mass is 288 g/mol. The van der Waals surface area contributed by atoms with Gasteiger partial charge in [-0.05, 0) is 29.6 Å². The van der Waals surface area contributed by atoms with Crippen LogP contribution >= 0.6 is 11.3 Å². The molecule has 0 bridgehead atoms. The van der Waals surface area contributed by atoms with Gasteiger partial charge in [0, 0.05) is 5.56 Å². The van der Waals surface area contributed by atoms with Crippen LogP contribution in [0.4, 0.5) is 0 Å².